The summed E-state index contributed by atoms with van der Waals surface area (Å²) in [4.78, 5) is 14.3. The second-order valence-electron chi connectivity index (χ2n) is 9.57. The van der Waals surface area contributed by atoms with Gasteiger partial charge in [-0.25, -0.2) is 9.97 Å². The number of hydrogen-bond donors (Lipinski definition) is 0. The number of aryl methyl sites for hydroxylation is 1. The van der Waals surface area contributed by atoms with Gasteiger partial charge in [0.15, 0.2) is 0 Å². The molecule has 4 nitrogen and oxygen atoms in total. The molecule has 2 heterocycles. The van der Waals surface area contributed by atoms with E-state index in [0.717, 1.165) is 29.5 Å². The Hall–Kier alpha value is -1.20. The van der Waals surface area contributed by atoms with Crippen molar-refractivity contribution < 1.29 is 4.74 Å². The van der Waals surface area contributed by atoms with Gasteiger partial charge in [-0.15, -0.1) is 11.3 Å². The van der Waals surface area contributed by atoms with Crippen molar-refractivity contribution in [3.63, 3.8) is 0 Å². The van der Waals surface area contributed by atoms with Crippen LogP contribution in [0.15, 0.2) is 6.33 Å². The quantitative estimate of drug-likeness (QED) is 0.540. The van der Waals surface area contributed by atoms with Crippen LogP contribution in [-0.2, 0) is 6.42 Å². The number of hydrogen-bond acceptors (Lipinski definition) is 5. The molecule has 2 aromatic rings. The maximum atomic E-state index is 6.59. The van der Waals surface area contributed by atoms with Crippen molar-refractivity contribution in [3.8, 4) is 5.88 Å². The molecule has 2 aliphatic carbocycles. The lowest BCUT2D eigenvalue weighted by Gasteiger charge is -2.44. The van der Waals surface area contributed by atoms with E-state index < -0.39 is 0 Å². The van der Waals surface area contributed by atoms with E-state index in [9.17, 15) is 0 Å². The summed E-state index contributed by atoms with van der Waals surface area (Å²) in [6.07, 6.45) is 12.8. The minimum Gasteiger partial charge on any atom is -0.474 e. The molecule has 1 saturated carbocycles. The molecule has 0 amide bonds. The first-order valence-corrected chi connectivity index (χ1v) is 12.4. The van der Waals surface area contributed by atoms with E-state index in [-0.39, 0.29) is 6.10 Å². The second-order valence-corrected chi connectivity index (χ2v) is 10.7. The Morgan fingerprint density at radius 2 is 1.97 bits per heavy atom. The molecule has 2 atom stereocenters. The predicted octanol–water partition coefficient (Wildman–Crippen LogP) is 6.19. The minimum atomic E-state index is 0.276. The molecule has 1 fully saturated rings. The minimum absolute atomic E-state index is 0.276. The van der Waals surface area contributed by atoms with Crippen molar-refractivity contribution in [2.45, 2.75) is 96.1 Å². The van der Waals surface area contributed by atoms with Crippen LogP contribution >= 0.6 is 11.3 Å². The van der Waals surface area contributed by atoms with Crippen LogP contribution in [-0.4, -0.2) is 40.6 Å². The third kappa shape index (κ3) is 3.93. The SMILES string of the molecule is CC[C@H](C)C[C@H]1CCc2sc3ncnc(O[C@H]4CC[C@](CC)(N(C)C)CC4)c3c21. The molecule has 2 aromatic heterocycles. The highest BCUT2D eigenvalue weighted by atomic mass is 32.1. The monoisotopic (exact) mass is 415 g/mol. The summed E-state index contributed by atoms with van der Waals surface area (Å²) < 4.78 is 6.59. The molecule has 5 heteroatoms. The standard InChI is InChI=1S/C24H37N3OS/c1-6-16(3)14-17-8-9-19-20(17)21-22(25-15-26-23(21)29-19)28-18-10-12-24(7-2,13-11-18)27(4)5/h15-18H,6-14H2,1-5H3/t16-,17+,18-,24-/m0/s1. The molecule has 160 valence electrons. The van der Waals surface area contributed by atoms with E-state index in [1.54, 1.807) is 6.33 Å². The normalized spacial score (nSPS) is 28.1. The van der Waals surface area contributed by atoms with E-state index in [2.05, 4.69) is 49.7 Å². The number of aromatic nitrogens is 2. The van der Waals surface area contributed by atoms with E-state index in [1.165, 1.54) is 60.8 Å². The maximum Gasteiger partial charge on any atom is 0.225 e. The number of fused-ring (bicyclic) bond motifs is 3. The lowest BCUT2D eigenvalue weighted by atomic mass is 9.77. The Kier molecular flexibility index (Phi) is 6.17. The van der Waals surface area contributed by atoms with Crippen LogP contribution in [0.3, 0.4) is 0 Å². The van der Waals surface area contributed by atoms with Crippen molar-refractivity contribution in [3.05, 3.63) is 16.8 Å². The highest BCUT2D eigenvalue weighted by Gasteiger charge is 2.37. The Balaban J connectivity index is 1.56. The molecule has 0 bridgehead atoms. The first-order valence-electron chi connectivity index (χ1n) is 11.6. The van der Waals surface area contributed by atoms with Gasteiger partial charge in [0.05, 0.1) is 5.39 Å². The smallest absolute Gasteiger partial charge is 0.225 e. The maximum absolute atomic E-state index is 6.59. The zero-order chi connectivity index (χ0) is 20.6. The molecule has 29 heavy (non-hydrogen) atoms. The molecule has 0 spiro atoms. The molecule has 0 radical (unpaired) electrons. The third-order valence-corrected chi connectivity index (χ3v) is 9.00. The second kappa shape index (κ2) is 8.50. The van der Waals surface area contributed by atoms with E-state index >= 15 is 0 Å². The Morgan fingerprint density at radius 1 is 1.21 bits per heavy atom. The number of rotatable bonds is 7. The summed E-state index contributed by atoms with van der Waals surface area (Å²) in [6, 6.07) is 0. The van der Waals surface area contributed by atoms with Crippen LogP contribution in [0.25, 0.3) is 10.2 Å². The van der Waals surface area contributed by atoms with Crippen LogP contribution in [0.5, 0.6) is 5.88 Å². The van der Waals surface area contributed by atoms with Crippen LogP contribution in [0.1, 0.15) is 88.5 Å². The summed E-state index contributed by atoms with van der Waals surface area (Å²) in [7, 11) is 4.45. The average Bonchev–Trinajstić information content (AvgIpc) is 3.28. The first kappa shape index (κ1) is 21.0. The van der Waals surface area contributed by atoms with Crippen LogP contribution in [0, 0.1) is 5.92 Å². The molecular formula is C24H37N3OS. The Labute approximate surface area is 180 Å². The van der Waals surface area contributed by atoms with Crippen LogP contribution in [0.4, 0.5) is 0 Å². The van der Waals surface area contributed by atoms with Crippen molar-refractivity contribution in [2.24, 2.45) is 5.92 Å². The van der Waals surface area contributed by atoms with Crippen molar-refractivity contribution in [1.29, 1.82) is 0 Å². The zero-order valence-corrected chi connectivity index (χ0v) is 19.6. The fourth-order valence-corrected chi connectivity index (χ4v) is 6.77. The van der Waals surface area contributed by atoms with Gasteiger partial charge in [0.25, 0.3) is 0 Å². The summed E-state index contributed by atoms with van der Waals surface area (Å²) >= 11 is 1.87. The molecule has 4 rings (SSSR count). The molecule has 0 unspecified atom stereocenters. The zero-order valence-electron chi connectivity index (χ0n) is 18.8. The van der Waals surface area contributed by atoms with Crippen molar-refractivity contribution in [1.82, 2.24) is 14.9 Å². The summed E-state index contributed by atoms with van der Waals surface area (Å²) in [5.74, 6) is 2.26. The number of nitrogens with zero attached hydrogens (tertiary/aromatic N) is 3. The van der Waals surface area contributed by atoms with Gasteiger partial charge in [-0.3, -0.25) is 0 Å². The van der Waals surface area contributed by atoms with Crippen molar-refractivity contribution in [2.75, 3.05) is 14.1 Å². The first-order chi connectivity index (χ1) is 14.0. The topological polar surface area (TPSA) is 38.3 Å². The molecule has 0 aromatic carbocycles. The highest BCUT2D eigenvalue weighted by Crippen LogP contribution is 2.48. The molecule has 0 N–H and O–H groups in total. The van der Waals surface area contributed by atoms with Gasteiger partial charge in [-0.05, 0) is 82.9 Å². The summed E-state index contributed by atoms with van der Waals surface area (Å²) in [5.41, 5.74) is 1.86. The van der Waals surface area contributed by atoms with Gasteiger partial charge in [-0.1, -0.05) is 27.2 Å². The van der Waals surface area contributed by atoms with Crippen LogP contribution < -0.4 is 4.74 Å². The van der Waals surface area contributed by atoms with Gasteiger partial charge in [0.2, 0.25) is 5.88 Å². The van der Waals surface area contributed by atoms with Crippen molar-refractivity contribution >= 4 is 21.6 Å². The molecule has 0 saturated heterocycles. The van der Waals surface area contributed by atoms with Gasteiger partial charge in [-0.2, -0.15) is 0 Å². The summed E-state index contributed by atoms with van der Waals surface area (Å²) in [5, 5.41) is 1.23. The third-order valence-electron chi connectivity index (χ3n) is 7.83. The Bertz CT molecular complexity index is 838. The number of ether oxygens (including phenoxy) is 1. The van der Waals surface area contributed by atoms with Crippen LogP contribution in [0.2, 0.25) is 0 Å². The lowest BCUT2D eigenvalue weighted by Crippen LogP contribution is -2.48. The van der Waals surface area contributed by atoms with Gasteiger partial charge < -0.3 is 9.64 Å². The average molecular weight is 416 g/mol. The van der Waals surface area contributed by atoms with Gasteiger partial charge in [0.1, 0.15) is 17.3 Å². The fourth-order valence-electron chi connectivity index (χ4n) is 5.54. The van der Waals surface area contributed by atoms with E-state index in [1.807, 2.05) is 11.3 Å². The van der Waals surface area contributed by atoms with Gasteiger partial charge >= 0.3 is 0 Å². The molecule has 2 aliphatic rings. The lowest BCUT2D eigenvalue weighted by molar-refractivity contribution is 0.0402. The highest BCUT2D eigenvalue weighted by molar-refractivity contribution is 7.19. The summed E-state index contributed by atoms with van der Waals surface area (Å²) in [6.45, 7) is 7.01. The number of thiophene rings is 1. The van der Waals surface area contributed by atoms with E-state index in [4.69, 9.17) is 4.74 Å². The van der Waals surface area contributed by atoms with Gasteiger partial charge in [0, 0.05) is 10.4 Å². The largest absolute Gasteiger partial charge is 0.474 e. The van der Waals surface area contributed by atoms with E-state index in [0.29, 0.717) is 11.5 Å². The molecular weight excluding hydrogens is 378 g/mol. The fraction of sp³-hybridized carbons (Fsp3) is 0.750. The Morgan fingerprint density at radius 3 is 2.62 bits per heavy atom. The molecule has 0 aliphatic heterocycles. The predicted molar refractivity (Wildman–Crippen MR) is 122 cm³/mol.